The zero-order valence-corrected chi connectivity index (χ0v) is 24.2. The number of hydrogen-bond acceptors (Lipinski definition) is 7. The number of aromatic nitrogens is 3. The van der Waals surface area contributed by atoms with Crippen molar-refractivity contribution in [2.45, 2.75) is 37.6 Å². The lowest BCUT2D eigenvalue weighted by atomic mass is 9.99. The third-order valence-corrected chi connectivity index (χ3v) is 9.13. The van der Waals surface area contributed by atoms with E-state index in [-0.39, 0.29) is 50.8 Å². The zero-order valence-electron chi connectivity index (χ0n) is 23.4. The van der Waals surface area contributed by atoms with E-state index in [1.807, 2.05) is 18.7 Å². The van der Waals surface area contributed by atoms with Crippen molar-refractivity contribution in [2.24, 2.45) is 0 Å². The predicted molar refractivity (Wildman–Crippen MR) is 160 cm³/mol. The highest BCUT2D eigenvalue weighted by molar-refractivity contribution is 7.99. The summed E-state index contributed by atoms with van der Waals surface area (Å²) in [6.07, 6.45) is 2.89. The number of thioether (sulfide) groups is 1. The molecule has 1 amide bonds. The molecular weight excluding hydrogens is 560 g/mol. The molecule has 2 aliphatic rings. The molecule has 1 N–H and O–H groups in total. The molecule has 11 heteroatoms. The van der Waals surface area contributed by atoms with E-state index in [2.05, 4.69) is 16.5 Å². The second-order valence-corrected chi connectivity index (χ2v) is 11.8. The van der Waals surface area contributed by atoms with Crippen LogP contribution in [0.15, 0.2) is 58.9 Å². The third-order valence-electron chi connectivity index (χ3n) is 7.91. The van der Waals surface area contributed by atoms with Gasteiger partial charge in [0.1, 0.15) is 17.4 Å². The fourth-order valence-electron chi connectivity index (χ4n) is 5.91. The maximum atomic E-state index is 17.0. The van der Waals surface area contributed by atoms with E-state index in [1.54, 1.807) is 36.2 Å². The summed E-state index contributed by atoms with van der Waals surface area (Å²) in [6.45, 7) is 10.2. The number of fused-ring (bicyclic) bond motifs is 2. The van der Waals surface area contributed by atoms with Crippen molar-refractivity contribution in [2.75, 3.05) is 30.3 Å². The highest BCUT2D eigenvalue weighted by atomic mass is 32.2. The minimum atomic E-state index is -0.981. The molecule has 1 atom stereocenters. The van der Waals surface area contributed by atoms with Gasteiger partial charge in [-0.15, -0.1) is 11.8 Å². The number of anilines is 1. The second-order valence-electron chi connectivity index (χ2n) is 10.8. The number of rotatable bonds is 4. The molecule has 0 aliphatic carbocycles. The summed E-state index contributed by atoms with van der Waals surface area (Å²) in [4.78, 5) is 39.1. The van der Waals surface area contributed by atoms with E-state index in [4.69, 9.17) is 0 Å². The van der Waals surface area contributed by atoms with Gasteiger partial charge >= 0.3 is 5.69 Å². The molecule has 216 valence electrons. The number of phenols is 1. The molecule has 2 aromatic heterocycles. The lowest BCUT2D eigenvalue weighted by molar-refractivity contribution is -0.126. The fraction of sp³-hybridized carbons (Fsp3) is 0.290. The number of para-hydroxylation sites is 1. The average Bonchev–Trinajstić information content (AvgIpc) is 3.13. The number of aromatic hydroxyl groups is 1. The number of pyridine rings is 1. The monoisotopic (exact) mass is 589 g/mol. The van der Waals surface area contributed by atoms with Gasteiger partial charge < -0.3 is 14.9 Å². The molecule has 8 nitrogen and oxygen atoms in total. The number of benzene rings is 2. The molecule has 0 radical (unpaired) electrons. The van der Waals surface area contributed by atoms with Crippen molar-refractivity contribution in [1.82, 2.24) is 19.4 Å². The summed E-state index contributed by atoms with van der Waals surface area (Å²) in [5.74, 6) is -1.92. The Labute approximate surface area is 245 Å². The normalized spacial score (nSPS) is 16.5. The van der Waals surface area contributed by atoms with Gasteiger partial charge in [-0.1, -0.05) is 38.6 Å². The lowest BCUT2D eigenvalue weighted by Gasteiger charge is -2.41. The Morgan fingerprint density at radius 2 is 1.95 bits per heavy atom. The molecule has 2 aliphatic heterocycles. The summed E-state index contributed by atoms with van der Waals surface area (Å²) >= 11 is 1.18. The molecule has 1 fully saturated rings. The molecule has 1 saturated heterocycles. The minimum absolute atomic E-state index is 0.0275. The molecule has 4 aromatic rings. The number of carbonyl (C=O) groups excluding carboxylic acids is 1. The van der Waals surface area contributed by atoms with Crippen LogP contribution in [-0.4, -0.2) is 61.9 Å². The van der Waals surface area contributed by atoms with Gasteiger partial charge in [0.05, 0.1) is 38.8 Å². The Balaban J connectivity index is 1.74. The first-order chi connectivity index (χ1) is 20.1. The molecule has 0 bridgehead atoms. The van der Waals surface area contributed by atoms with Crippen LogP contribution < -0.4 is 10.6 Å². The number of amides is 1. The quantitative estimate of drug-likeness (QED) is 0.329. The van der Waals surface area contributed by atoms with Crippen LogP contribution in [-0.2, 0) is 4.79 Å². The Bertz CT molecular complexity index is 1840. The summed E-state index contributed by atoms with van der Waals surface area (Å²) in [5.41, 5.74) is 0.325. The van der Waals surface area contributed by atoms with Crippen molar-refractivity contribution in [3.8, 4) is 22.6 Å². The predicted octanol–water partition coefficient (Wildman–Crippen LogP) is 5.17. The average molecular weight is 590 g/mol. The number of carbonyl (C=O) groups is 1. The maximum absolute atomic E-state index is 17.0. The first kappa shape index (κ1) is 27.9. The van der Waals surface area contributed by atoms with Gasteiger partial charge in [-0.05, 0) is 36.6 Å². The summed E-state index contributed by atoms with van der Waals surface area (Å²) in [5, 5.41) is 10.8. The van der Waals surface area contributed by atoms with E-state index >= 15 is 8.78 Å². The van der Waals surface area contributed by atoms with Crippen molar-refractivity contribution < 1.29 is 18.7 Å². The summed E-state index contributed by atoms with van der Waals surface area (Å²) in [6, 6.07) is 7.38. The van der Waals surface area contributed by atoms with Gasteiger partial charge in [0.15, 0.2) is 5.82 Å². The zero-order chi connectivity index (χ0) is 29.9. The van der Waals surface area contributed by atoms with Crippen molar-refractivity contribution in [3.63, 3.8) is 0 Å². The molecule has 0 spiro atoms. The van der Waals surface area contributed by atoms with E-state index in [0.29, 0.717) is 42.3 Å². The highest BCUT2D eigenvalue weighted by Crippen LogP contribution is 2.47. The first-order valence-electron chi connectivity index (χ1n) is 13.7. The van der Waals surface area contributed by atoms with E-state index < -0.39 is 22.9 Å². The lowest BCUT2D eigenvalue weighted by Crippen LogP contribution is -2.56. The van der Waals surface area contributed by atoms with E-state index in [9.17, 15) is 14.7 Å². The SMILES string of the molecule is C=CC(=O)N1CCN2c3nc(=O)n(-c4c(C)ccnc4C(C)C)c4c(F)c(-c5ccccc5O)c(F)c(c34)SCC2C1. The van der Waals surface area contributed by atoms with Gasteiger partial charge in [0.2, 0.25) is 5.91 Å². The van der Waals surface area contributed by atoms with Gasteiger partial charge in [-0.3, -0.25) is 14.3 Å². The Morgan fingerprint density at radius 3 is 2.67 bits per heavy atom. The molecule has 4 heterocycles. The van der Waals surface area contributed by atoms with Crippen LogP contribution in [0.1, 0.15) is 31.0 Å². The largest absolute Gasteiger partial charge is 0.507 e. The summed E-state index contributed by atoms with van der Waals surface area (Å²) in [7, 11) is 0. The molecule has 42 heavy (non-hydrogen) atoms. The van der Waals surface area contributed by atoms with Gasteiger partial charge in [0.25, 0.3) is 0 Å². The van der Waals surface area contributed by atoms with Crippen LogP contribution in [0.3, 0.4) is 0 Å². The Morgan fingerprint density at radius 1 is 1.19 bits per heavy atom. The maximum Gasteiger partial charge on any atom is 0.354 e. The van der Waals surface area contributed by atoms with Gasteiger partial charge in [-0.2, -0.15) is 4.98 Å². The molecule has 6 rings (SSSR count). The number of piperazine rings is 1. The van der Waals surface area contributed by atoms with Crippen molar-refractivity contribution in [3.05, 3.63) is 82.6 Å². The van der Waals surface area contributed by atoms with Crippen molar-refractivity contribution in [1.29, 1.82) is 0 Å². The number of hydrogen-bond donors (Lipinski definition) is 1. The first-order valence-corrected chi connectivity index (χ1v) is 14.6. The van der Waals surface area contributed by atoms with Crippen LogP contribution in [0.5, 0.6) is 5.75 Å². The molecule has 0 saturated carbocycles. The molecule has 2 aromatic carbocycles. The number of phenolic OH excluding ortho intramolecular Hbond substituents is 1. The Kier molecular flexibility index (Phi) is 7.00. The topological polar surface area (TPSA) is 91.6 Å². The van der Waals surface area contributed by atoms with Crippen LogP contribution in [0, 0.1) is 18.6 Å². The minimum Gasteiger partial charge on any atom is -0.507 e. The summed E-state index contributed by atoms with van der Waals surface area (Å²) < 4.78 is 34.8. The fourth-order valence-corrected chi connectivity index (χ4v) is 7.11. The van der Waals surface area contributed by atoms with Crippen LogP contribution in [0.25, 0.3) is 27.7 Å². The van der Waals surface area contributed by atoms with Crippen molar-refractivity contribution >= 4 is 34.4 Å². The van der Waals surface area contributed by atoms with E-state index in [1.165, 1.54) is 34.5 Å². The van der Waals surface area contributed by atoms with Gasteiger partial charge in [-0.25, -0.2) is 13.6 Å². The van der Waals surface area contributed by atoms with Crippen LogP contribution in [0.2, 0.25) is 0 Å². The van der Waals surface area contributed by atoms with Crippen LogP contribution in [0.4, 0.5) is 14.6 Å². The number of nitrogens with zero attached hydrogens (tertiary/aromatic N) is 5. The number of aryl methyl sites for hydroxylation is 1. The highest BCUT2D eigenvalue weighted by Gasteiger charge is 2.38. The second kappa shape index (κ2) is 10.5. The third kappa shape index (κ3) is 4.25. The van der Waals surface area contributed by atoms with E-state index in [0.717, 1.165) is 0 Å². The smallest absolute Gasteiger partial charge is 0.354 e. The molecule has 1 unspecified atom stereocenters. The molecular formula is C31H29F2N5O3S. The number of halogens is 2. The van der Waals surface area contributed by atoms with Crippen LogP contribution >= 0.6 is 11.8 Å². The standard InChI is InChI=1S/C31H29F2N5O3S/c1-5-21(40)36-12-13-37-18(14-36)15-42-29-23-28(24(32)22(25(29)33)19-8-6-7-9-20(19)39)38(31(41)35-30(23)37)27-17(4)10-11-34-26(27)16(2)3/h5-11,16,18,39H,1,12-15H2,2-4H3. The Hall–Kier alpha value is -4.25. The van der Waals surface area contributed by atoms with Gasteiger partial charge in [0, 0.05) is 37.1 Å².